The molecule has 2 unspecified atom stereocenters. The molecular weight excluding hydrogens is 440 g/mol. The van der Waals surface area contributed by atoms with Gasteiger partial charge in [-0.1, -0.05) is 0 Å². The van der Waals surface area contributed by atoms with Crippen LogP contribution in [0.1, 0.15) is 19.3 Å². The lowest BCUT2D eigenvalue weighted by atomic mass is 9.92. The summed E-state index contributed by atoms with van der Waals surface area (Å²) in [6.07, 6.45) is 4.93. The molecule has 10 heteroatoms. The van der Waals surface area contributed by atoms with E-state index in [-0.39, 0.29) is 6.04 Å². The molecule has 1 aliphatic carbocycles. The van der Waals surface area contributed by atoms with Crippen LogP contribution in [0.15, 0.2) is 46.5 Å². The molecule has 4 aliphatic rings. The van der Waals surface area contributed by atoms with Gasteiger partial charge in [0, 0.05) is 50.2 Å². The van der Waals surface area contributed by atoms with Gasteiger partial charge in [0.05, 0.1) is 18.8 Å². The number of aromatic nitrogens is 1. The van der Waals surface area contributed by atoms with E-state index < -0.39 is 11.6 Å². The van der Waals surface area contributed by atoms with E-state index in [1.807, 2.05) is 22.0 Å². The SMILES string of the molecule is COc1cc(N2CC3CCC(C2)C3N=C2NN3CCCN=C3N2c2ccc(F)c(F)c2)ccn1. The fourth-order valence-corrected chi connectivity index (χ4v) is 5.57. The molecule has 0 amide bonds. The van der Waals surface area contributed by atoms with Crippen molar-refractivity contribution in [2.75, 3.05) is 43.1 Å². The zero-order chi connectivity index (χ0) is 23.2. The van der Waals surface area contributed by atoms with Gasteiger partial charge < -0.3 is 9.64 Å². The Morgan fingerprint density at radius 3 is 2.65 bits per heavy atom. The molecule has 0 radical (unpaired) electrons. The van der Waals surface area contributed by atoms with Crippen molar-refractivity contribution in [3.8, 4) is 5.88 Å². The third kappa shape index (κ3) is 3.61. The first kappa shape index (κ1) is 21.1. The highest BCUT2D eigenvalue weighted by Crippen LogP contribution is 2.41. The van der Waals surface area contributed by atoms with Gasteiger partial charge in [0.2, 0.25) is 17.8 Å². The van der Waals surface area contributed by atoms with E-state index in [1.165, 1.54) is 6.07 Å². The molecule has 1 aromatic heterocycles. The summed E-state index contributed by atoms with van der Waals surface area (Å²) in [6, 6.07) is 8.08. The Labute approximate surface area is 196 Å². The number of guanidine groups is 2. The molecule has 3 fully saturated rings. The number of hydrogen-bond acceptors (Lipinski definition) is 6. The van der Waals surface area contributed by atoms with Gasteiger partial charge in [0.25, 0.3) is 0 Å². The Morgan fingerprint density at radius 1 is 1.06 bits per heavy atom. The summed E-state index contributed by atoms with van der Waals surface area (Å²) in [5.41, 5.74) is 5.00. The Hall–Kier alpha value is -3.43. The van der Waals surface area contributed by atoms with Crippen LogP contribution in [0.4, 0.5) is 20.2 Å². The smallest absolute Gasteiger partial charge is 0.227 e. The average Bonchev–Trinajstić information content (AvgIpc) is 3.32. The van der Waals surface area contributed by atoms with Crippen LogP contribution < -0.4 is 20.0 Å². The molecule has 2 bridgehead atoms. The zero-order valence-corrected chi connectivity index (χ0v) is 19.0. The van der Waals surface area contributed by atoms with Crippen molar-refractivity contribution in [2.24, 2.45) is 21.8 Å². The number of fused-ring (bicyclic) bond motifs is 3. The first-order valence-corrected chi connectivity index (χ1v) is 11.8. The molecule has 6 rings (SSSR count). The van der Waals surface area contributed by atoms with Gasteiger partial charge in [-0.15, -0.1) is 0 Å². The van der Waals surface area contributed by atoms with E-state index in [9.17, 15) is 8.78 Å². The van der Waals surface area contributed by atoms with Gasteiger partial charge in [-0.05, 0) is 49.3 Å². The normalized spacial score (nSPS) is 27.0. The number of rotatable bonds is 4. The highest BCUT2D eigenvalue weighted by molar-refractivity contribution is 6.21. The van der Waals surface area contributed by atoms with Crippen LogP contribution in [0.2, 0.25) is 0 Å². The van der Waals surface area contributed by atoms with Gasteiger partial charge >= 0.3 is 0 Å². The summed E-state index contributed by atoms with van der Waals surface area (Å²) < 4.78 is 33.0. The Morgan fingerprint density at radius 2 is 1.88 bits per heavy atom. The van der Waals surface area contributed by atoms with Crippen LogP contribution in [-0.4, -0.2) is 61.2 Å². The monoisotopic (exact) mass is 467 g/mol. The number of hydrogen-bond donors (Lipinski definition) is 1. The maximum atomic E-state index is 14.1. The molecule has 1 N–H and O–H groups in total. The van der Waals surface area contributed by atoms with E-state index >= 15 is 0 Å². The number of pyridine rings is 1. The number of halogens is 2. The van der Waals surface area contributed by atoms with Gasteiger partial charge in [-0.3, -0.25) is 15.4 Å². The largest absolute Gasteiger partial charge is 0.481 e. The number of ether oxygens (including phenoxy) is 1. The number of nitrogens with zero attached hydrogens (tertiary/aromatic N) is 6. The molecule has 2 saturated heterocycles. The van der Waals surface area contributed by atoms with Crippen molar-refractivity contribution in [2.45, 2.75) is 25.3 Å². The van der Waals surface area contributed by atoms with Crippen LogP contribution >= 0.6 is 0 Å². The van der Waals surface area contributed by atoms with Crippen molar-refractivity contribution in [1.29, 1.82) is 0 Å². The Kier molecular flexibility index (Phi) is 5.23. The summed E-state index contributed by atoms with van der Waals surface area (Å²) in [6.45, 7) is 3.29. The summed E-state index contributed by atoms with van der Waals surface area (Å²) >= 11 is 0. The molecule has 2 aromatic rings. The van der Waals surface area contributed by atoms with E-state index in [0.717, 1.165) is 50.7 Å². The minimum absolute atomic E-state index is 0.150. The van der Waals surface area contributed by atoms with Crippen LogP contribution in [0, 0.1) is 23.5 Å². The predicted molar refractivity (Wildman–Crippen MR) is 126 cm³/mol. The fourth-order valence-electron chi connectivity index (χ4n) is 5.57. The Bertz CT molecular complexity index is 1140. The standard InChI is InChI=1S/C24H27F2N7O/c1-34-21-12-17(7-9-27-21)31-13-15-3-4-16(14-31)22(15)29-23-30-32-10-2-8-28-24(32)33(23)18-5-6-19(25)20(26)11-18/h5-7,9,11-12,15-16,22H,2-4,8,10,13-14H2,1H3,(H,29,30). The van der Waals surface area contributed by atoms with E-state index in [4.69, 9.17) is 9.73 Å². The molecule has 1 aromatic carbocycles. The molecule has 3 aliphatic heterocycles. The zero-order valence-electron chi connectivity index (χ0n) is 19.0. The van der Waals surface area contributed by atoms with Crippen molar-refractivity contribution in [1.82, 2.24) is 15.4 Å². The maximum absolute atomic E-state index is 14.1. The molecule has 178 valence electrons. The van der Waals surface area contributed by atoms with E-state index in [0.29, 0.717) is 41.9 Å². The first-order valence-electron chi connectivity index (χ1n) is 11.8. The number of nitrogens with one attached hydrogen (secondary N) is 1. The van der Waals surface area contributed by atoms with E-state index in [2.05, 4.69) is 20.3 Å². The first-order chi connectivity index (χ1) is 16.6. The number of aliphatic imine (C=N–C) groups is 2. The second-order valence-corrected chi connectivity index (χ2v) is 9.23. The Balaban J connectivity index is 1.29. The van der Waals surface area contributed by atoms with Crippen LogP contribution in [-0.2, 0) is 0 Å². The molecule has 4 heterocycles. The van der Waals surface area contributed by atoms with Crippen molar-refractivity contribution >= 4 is 23.3 Å². The van der Waals surface area contributed by atoms with Gasteiger partial charge in [-0.25, -0.2) is 23.7 Å². The number of methoxy groups -OCH3 is 1. The summed E-state index contributed by atoms with van der Waals surface area (Å²) in [7, 11) is 1.63. The third-order valence-electron chi connectivity index (χ3n) is 7.19. The summed E-state index contributed by atoms with van der Waals surface area (Å²) in [5, 5.41) is 1.95. The molecule has 8 nitrogen and oxygen atoms in total. The molecule has 2 atom stereocenters. The van der Waals surface area contributed by atoms with Crippen molar-refractivity contribution in [3.63, 3.8) is 0 Å². The highest BCUT2D eigenvalue weighted by Gasteiger charge is 2.44. The lowest BCUT2D eigenvalue weighted by Crippen LogP contribution is -2.46. The lowest BCUT2D eigenvalue weighted by Gasteiger charge is -2.38. The minimum Gasteiger partial charge on any atom is -0.481 e. The van der Waals surface area contributed by atoms with Gasteiger partial charge in [0.1, 0.15) is 0 Å². The van der Waals surface area contributed by atoms with Crippen molar-refractivity contribution in [3.05, 3.63) is 48.2 Å². The number of anilines is 2. The van der Waals surface area contributed by atoms with E-state index in [1.54, 1.807) is 19.4 Å². The second kappa shape index (κ2) is 8.41. The second-order valence-electron chi connectivity index (χ2n) is 9.23. The predicted octanol–water partition coefficient (Wildman–Crippen LogP) is 3.03. The molecule has 1 saturated carbocycles. The number of benzene rings is 1. The number of piperidine rings is 1. The molecule has 0 spiro atoms. The van der Waals surface area contributed by atoms with Gasteiger partial charge in [-0.2, -0.15) is 0 Å². The maximum Gasteiger partial charge on any atom is 0.227 e. The number of hydrazine groups is 1. The summed E-state index contributed by atoms with van der Waals surface area (Å²) in [4.78, 5) is 18.3. The van der Waals surface area contributed by atoms with Crippen LogP contribution in [0.3, 0.4) is 0 Å². The molecule has 34 heavy (non-hydrogen) atoms. The molecular formula is C24H27F2N7O. The fraction of sp³-hybridized carbons (Fsp3) is 0.458. The van der Waals surface area contributed by atoms with Crippen molar-refractivity contribution < 1.29 is 13.5 Å². The quantitative estimate of drug-likeness (QED) is 0.746. The van der Waals surface area contributed by atoms with Crippen LogP contribution in [0.25, 0.3) is 0 Å². The topological polar surface area (TPSA) is 68.6 Å². The third-order valence-corrected chi connectivity index (χ3v) is 7.19. The average molecular weight is 468 g/mol. The minimum atomic E-state index is -0.882. The van der Waals surface area contributed by atoms with Crippen LogP contribution in [0.5, 0.6) is 5.88 Å². The summed E-state index contributed by atoms with van der Waals surface area (Å²) in [5.74, 6) is 0.985. The van der Waals surface area contributed by atoms with Gasteiger partial charge in [0.15, 0.2) is 11.6 Å². The lowest BCUT2D eigenvalue weighted by molar-refractivity contribution is 0.348. The highest BCUT2D eigenvalue weighted by atomic mass is 19.2.